The predicted octanol–water partition coefficient (Wildman–Crippen LogP) is 10.3. The van der Waals surface area contributed by atoms with Gasteiger partial charge in [-0.25, -0.2) is 0 Å². The molecule has 0 aromatic rings. The topological polar surface area (TPSA) is 93.1 Å². The van der Waals surface area contributed by atoms with Gasteiger partial charge < -0.3 is 19.7 Å². The Kier molecular flexibility index (Phi) is 32.5. The first-order valence-electron chi connectivity index (χ1n) is 18.7. The highest BCUT2D eigenvalue weighted by atomic mass is 16.6. The van der Waals surface area contributed by atoms with Gasteiger partial charge in [0.25, 0.3) is 0 Å². The van der Waals surface area contributed by atoms with E-state index in [0.29, 0.717) is 19.3 Å². The number of hydrogen-bond acceptors (Lipinski definition) is 6. The number of rotatable bonds is 32. The highest BCUT2D eigenvalue weighted by Crippen LogP contribution is 2.15. The fourth-order valence-electron chi connectivity index (χ4n) is 4.91. The first-order chi connectivity index (χ1) is 22.4. The number of hydrogen-bond donors (Lipinski definition) is 2. The first-order valence-corrected chi connectivity index (χ1v) is 18.7. The first kappa shape index (κ1) is 43.8. The van der Waals surface area contributed by atoms with Crippen molar-refractivity contribution in [1.82, 2.24) is 0 Å². The van der Waals surface area contributed by atoms with Crippen molar-refractivity contribution in [3.63, 3.8) is 0 Å². The van der Waals surface area contributed by atoms with Crippen LogP contribution in [-0.2, 0) is 19.1 Å². The molecule has 3 atom stereocenters. The van der Waals surface area contributed by atoms with Gasteiger partial charge in [-0.15, -0.1) is 0 Å². The van der Waals surface area contributed by atoms with E-state index in [1.807, 2.05) is 6.92 Å². The van der Waals surface area contributed by atoms with Crippen molar-refractivity contribution >= 4 is 11.9 Å². The molecule has 46 heavy (non-hydrogen) atoms. The van der Waals surface area contributed by atoms with Gasteiger partial charge in [0.2, 0.25) is 0 Å². The van der Waals surface area contributed by atoms with Crippen LogP contribution in [0.25, 0.3) is 0 Å². The molecule has 6 heteroatoms. The molecular formula is C40H70O6. The van der Waals surface area contributed by atoms with Crippen LogP contribution >= 0.6 is 0 Å². The minimum Gasteiger partial charge on any atom is -0.462 e. The SMILES string of the molecule is CCC(C)CCCCCCCCCCCCC(=O)O[C@@H](CO)COC(=O)CCC/C=C\C/C=C\C/C=C\C/C=C\CC[C@@H](O)CC. The maximum absolute atomic E-state index is 12.1. The molecule has 0 aliphatic carbocycles. The van der Waals surface area contributed by atoms with E-state index in [-0.39, 0.29) is 31.3 Å². The minimum atomic E-state index is -0.801. The number of unbranched alkanes of at least 4 members (excludes halogenated alkanes) is 10. The third kappa shape index (κ3) is 31.8. The smallest absolute Gasteiger partial charge is 0.306 e. The van der Waals surface area contributed by atoms with Crippen molar-refractivity contribution in [3.8, 4) is 0 Å². The summed E-state index contributed by atoms with van der Waals surface area (Å²) in [5, 5.41) is 19.0. The Bertz CT molecular complexity index is 815. The van der Waals surface area contributed by atoms with E-state index >= 15 is 0 Å². The van der Waals surface area contributed by atoms with Gasteiger partial charge in [-0.3, -0.25) is 9.59 Å². The van der Waals surface area contributed by atoms with E-state index in [9.17, 15) is 19.8 Å². The highest BCUT2D eigenvalue weighted by Gasteiger charge is 2.16. The van der Waals surface area contributed by atoms with Crippen LogP contribution in [0.4, 0.5) is 0 Å². The third-order valence-corrected chi connectivity index (χ3v) is 8.33. The zero-order valence-electron chi connectivity index (χ0n) is 29.8. The van der Waals surface area contributed by atoms with Gasteiger partial charge in [-0.1, -0.05) is 140 Å². The number of aliphatic hydroxyl groups excluding tert-OH is 2. The lowest BCUT2D eigenvalue weighted by Gasteiger charge is -2.15. The number of carbonyl (C=O) groups excluding carboxylic acids is 2. The van der Waals surface area contributed by atoms with Crippen molar-refractivity contribution in [1.29, 1.82) is 0 Å². The van der Waals surface area contributed by atoms with Gasteiger partial charge in [0.1, 0.15) is 6.61 Å². The van der Waals surface area contributed by atoms with Crippen LogP contribution in [0.3, 0.4) is 0 Å². The average Bonchev–Trinajstić information content (AvgIpc) is 3.06. The second-order valence-corrected chi connectivity index (χ2v) is 12.7. The fourth-order valence-corrected chi connectivity index (χ4v) is 4.91. The second-order valence-electron chi connectivity index (χ2n) is 12.7. The molecule has 0 bridgehead atoms. The summed E-state index contributed by atoms with van der Waals surface area (Å²) in [5.74, 6) is 0.192. The summed E-state index contributed by atoms with van der Waals surface area (Å²) in [6, 6.07) is 0. The van der Waals surface area contributed by atoms with Crippen LogP contribution < -0.4 is 0 Å². The van der Waals surface area contributed by atoms with Gasteiger partial charge in [-0.2, -0.15) is 0 Å². The molecule has 0 aliphatic heterocycles. The van der Waals surface area contributed by atoms with Crippen LogP contribution in [0.5, 0.6) is 0 Å². The predicted molar refractivity (Wildman–Crippen MR) is 193 cm³/mol. The molecule has 0 spiro atoms. The lowest BCUT2D eigenvalue weighted by atomic mass is 9.99. The standard InChI is InChI=1S/C40H70O6/c1-4-36(3)30-26-22-18-14-12-13-17-21-25-29-33-40(44)46-38(34-41)35-45-39(43)32-28-24-20-16-11-9-7-6-8-10-15-19-23-27-31-37(42)5-2/h7-10,16,19-20,23,36-38,41-42H,4-6,11-15,17-18,21-22,24-35H2,1-3H3/b9-7-,10-8-,20-16-,23-19-/t36?,37-,38-/m0/s1. The Morgan fingerprint density at radius 2 is 1.11 bits per heavy atom. The van der Waals surface area contributed by atoms with Gasteiger partial charge in [0.05, 0.1) is 12.7 Å². The van der Waals surface area contributed by atoms with Crippen molar-refractivity contribution in [2.75, 3.05) is 13.2 Å². The van der Waals surface area contributed by atoms with Crippen molar-refractivity contribution in [3.05, 3.63) is 48.6 Å². The quantitative estimate of drug-likeness (QED) is 0.0429. The Hall–Kier alpha value is -2.18. The Balaban J connectivity index is 3.70. The van der Waals surface area contributed by atoms with Crippen LogP contribution in [0.2, 0.25) is 0 Å². The maximum Gasteiger partial charge on any atom is 0.306 e. The summed E-state index contributed by atoms with van der Waals surface area (Å²) in [6.07, 6.45) is 38.2. The summed E-state index contributed by atoms with van der Waals surface area (Å²) in [5.41, 5.74) is 0. The van der Waals surface area contributed by atoms with Crippen molar-refractivity contribution in [2.24, 2.45) is 5.92 Å². The largest absolute Gasteiger partial charge is 0.462 e. The molecule has 6 nitrogen and oxygen atoms in total. The zero-order valence-corrected chi connectivity index (χ0v) is 29.8. The molecule has 0 fully saturated rings. The van der Waals surface area contributed by atoms with Gasteiger partial charge in [-0.05, 0) is 63.7 Å². The van der Waals surface area contributed by atoms with Gasteiger partial charge in [0, 0.05) is 12.8 Å². The molecule has 0 amide bonds. The fraction of sp³-hybridized carbons (Fsp3) is 0.750. The molecule has 0 saturated heterocycles. The van der Waals surface area contributed by atoms with E-state index in [1.54, 1.807) is 0 Å². The molecule has 0 aromatic carbocycles. The monoisotopic (exact) mass is 647 g/mol. The highest BCUT2D eigenvalue weighted by molar-refractivity contribution is 5.70. The van der Waals surface area contributed by atoms with Crippen molar-refractivity contribution < 1.29 is 29.3 Å². The van der Waals surface area contributed by atoms with Crippen LogP contribution in [0.1, 0.15) is 162 Å². The molecule has 2 N–H and O–H groups in total. The van der Waals surface area contributed by atoms with Crippen LogP contribution in [-0.4, -0.2) is 47.6 Å². The summed E-state index contributed by atoms with van der Waals surface area (Å²) >= 11 is 0. The Morgan fingerprint density at radius 3 is 1.65 bits per heavy atom. The average molecular weight is 647 g/mol. The summed E-state index contributed by atoms with van der Waals surface area (Å²) in [4.78, 5) is 24.2. The molecule has 1 unspecified atom stereocenters. The summed E-state index contributed by atoms with van der Waals surface area (Å²) in [7, 11) is 0. The second kappa shape index (κ2) is 34.2. The molecule has 0 aromatic heterocycles. The summed E-state index contributed by atoms with van der Waals surface area (Å²) < 4.78 is 10.5. The molecule has 0 radical (unpaired) electrons. The zero-order chi connectivity index (χ0) is 33.9. The van der Waals surface area contributed by atoms with Crippen molar-refractivity contribution in [2.45, 2.75) is 174 Å². The van der Waals surface area contributed by atoms with E-state index < -0.39 is 6.10 Å². The van der Waals surface area contributed by atoms with Gasteiger partial charge in [0.15, 0.2) is 6.10 Å². The Labute approximate surface area is 282 Å². The van der Waals surface area contributed by atoms with Crippen LogP contribution in [0, 0.1) is 5.92 Å². The maximum atomic E-state index is 12.1. The normalized spacial score (nSPS) is 14.1. The van der Waals surface area contributed by atoms with Crippen LogP contribution in [0.15, 0.2) is 48.6 Å². The molecule has 0 saturated carbocycles. The van der Waals surface area contributed by atoms with E-state index in [0.717, 1.165) is 70.1 Å². The Morgan fingerprint density at radius 1 is 0.609 bits per heavy atom. The van der Waals surface area contributed by atoms with Gasteiger partial charge >= 0.3 is 11.9 Å². The molecule has 266 valence electrons. The number of ether oxygens (including phenoxy) is 2. The number of allylic oxidation sites excluding steroid dienone is 8. The molecular weight excluding hydrogens is 576 g/mol. The lowest BCUT2D eigenvalue weighted by molar-refractivity contribution is -0.161. The van der Waals surface area contributed by atoms with E-state index in [2.05, 4.69) is 62.5 Å². The van der Waals surface area contributed by atoms with E-state index in [1.165, 1.54) is 57.8 Å². The molecule has 0 heterocycles. The molecule has 0 aliphatic rings. The van der Waals surface area contributed by atoms with E-state index in [4.69, 9.17) is 9.47 Å². The number of aliphatic hydroxyl groups is 2. The lowest BCUT2D eigenvalue weighted by Crippen LogP contribution is -2.28. The third-order valence-electron chi connectivity index (χ3n) is 8.33. The minimum absolute atomic E-state index is 0.104. The molecule has 0 rings (SSSR count). The number of carbonyl (C=O) groups is 2. The number of esters is 2. The summed E-state index contributed by atoms with van der Waals surface area (Å²) in [6.45, 7) is 6.16.